The summed E-state index contributed by atoms with van der Waals surface area (Å²) in [6, 6.07) is 9.58. The Balaban J connectivity index is 2.19. The predicted molar refractivity (Wildman–Crippen MR) is 122 cm³/mol. The highest BCUT2D eigenvalue weighted by molar-refractivity contribution is 8.00. The molecule has 164 valence electrons. The number of hydrogen-bond acceptors (Lipinski definition) is 7. The molecule has 0 aliphatic rings. The van der Waals surface area contributed by atoms with Gasteiger partial charge in [-0.05, 0) is 33.3 Å². The van der Waals surface area contributed by atoms with Crippen LogP contribution in [-0.2, 0) is 9.59 Å². The molecule has 10 heteroatoms. The molecule has 1 aromatic carbocycles. The largest absolute Gasteiger partial charge is 0.343 e. The first-order chi connectivity index (χ1) is 14.5. The Bertz CT molecular complexity index is 822. The zero-order valence-corrected chi connectivity index (χ0v) is 19.6. The van der Waals surface area contributed by atoms with Gasteiger partial charge in [-0.1, -0.05) is 53.9 Å². The lowest BCUT2D eigenvalue weighted by molar-refractivity contribution is -0.130. The number of nitrogens with zero attached hydrogens (tertiary/aromatic N) is 5. The van der Waals surface area contributed by atoms with Crippen molar-refractivity contribution in [3.8, 4) is 0 Å². The summed E-state index contributed by atoms with van der Waals surface area (Å²) >= 11 is 2.52. The van der Waals surface area contributed by atoms with E-state index in [9.17, 15) is 9.59 Å². The molecule has 2 N–H and O–H groups in total. The number of rotatable bonds is 11. The summed E-state index contributed by atoms with van der Waals surface area (Å²) in [7, 11) is 0. The smallest absolute Gasteiger partial charge is 0.240 e. The minimum Gasteiger partial charge on any atom is -0.343 e. The van der Waals surface area contributed by atoms with Crippen LogP contribution in [0.15, 0.2) is 40.6 Å². The van der Waals surface area contributed by atoms with Gasteiger partial charge in [0, 0.05) is 26.2 Å². The van der Waals surface area contributed by atoms with Gasteiger partial charge in [0.15, 0.2) is 0 Å². The third-order valence-electron chi connectivity index (χ3n) is 4.70. The second-order valence-corrected chi connectivity index (χ2v) is 8.42. The highest BCUT2D eigenvalue weighted by Gasteiger charge is 2.28. The lowest BCUT2D eigenvalue weighted by Gasteiger charge is -2.24. The number of thioether (sulfide) groups is 2. The molecule has 0 bridgehead atoms. The van der Waals surface area contributed by atoms with Gasteiger partial charge in [-0.15, -0.1) is 10.2 Å². The number of aromatic nitrogens is 3. The summed E-state index contributed by atoms with van der Waals surface area (Å²) in [5.74, 6) is 6.47. The van der Waals surface area contributed by atoms with E-state index in [1.165, 1.54) is 28.2 Å². The molecule has 1 heterocycles. The second-order valence-electron chi connectivity index (χ2n) is 6.41. The summed E-state index contributed by atoms with van der Waals surface area (Å²) < 4.78 is 1.36. The van der Waals surface area contributed by atoms with Crippen LogP contribution in [0.25, 0.3) is 0 Å². The molecule has 0 spiro atoms. The fourth-order valence-electron chi connectivity index (χ4n) is 2.93. The Kier molecular flexibility index (Phi) is 9.51. The first-order valence-electron chi connectivity index (χ1n) is 10.1. The normalized spacial score (nSPS) is 11.9. The van der Waals surface area contributed by atoms with Gasteiger partial charge in [0.1, 0.15) is 5.25 Å². The van der Waals surface area contributed by atoms with Crippen molar-refractivity contribution in [3.63, 3.8) is 0 Å². The number of nitrogens with two attached hydrogens (primary N) is 1. The highest BCUT2D eigenvalue weighted by Crippen LogP contribution is 2.36. The van der Waals surface area contributed by atoms with E-state index >= 15 is 0 Å². The quantitative estimate of drug-likeness (QED) is 0.415. The van der Waals surface area contributed by atoms with Crippen LogP contribution in [-0.4, -0.2) is 68.4 Å². The SMILES string of the molecule is CCN(CC)C(=O)CSc1nnc(SC(C(=O)N(CC)CC)c2ccccc2)n1N. The first kappa shape index (κ1) is 24.1. The van der Waals surface area contributed by atoms with E-state index < -0.39 is 5.25 Å². The minimum atomic E-state index is -0.479. The number of nitrogen functional groups attached to an aromatic ring is 1. The summed E-state index contributed by atoms with van der Waals surface area (Å²) in [5, 5.41) is 8.69. The zero-order chi connectivity index (χ0) is 22.1. The van der Waals surface area contributed by atoms with Crippen molar-refractivity contribution in [2.45, 2.75) is 43.3 Å². The monoisotopic (exact) mass is 450 g/mol. The van der Waals surface area contributed by atoms with Crippen LogP contribution >= 0.6 is 23.5 Å². The van der Waals surface area contributed by atoms with E-state index in [0.29, 0.717) is 36.5 Å². The Morgan fingerprint density at radius 1 is 0.967 bits per heavy atom. The number of likely N-dealkylation sites (N-methyl/N-ethyl adjacent to an activating group) is 1. The molecular weight excluding hydrogens is 420 g/mol. The van der Waals surface area contributed by atoms with Gasteiger partial charge >= 0.3 is 0 Å². The van der Waals surface area contributed by atoms with Crippen molar-refractivity contribution in [2.24, 2.45) is 0 Å². The number of carbonyl (C=O) groups excluding carboxylic acids is 2. The molecule has 1 atom stereocenters. The summed E-state index contributed by atoms with van der Waals surface area (Å²) in [6.07, 6.45) is 0. The fourth-order valence-corrected chi connectivity index (χ4v) is 4.79. The van der Waals surface area contributed by atoms with E-state index in [2.05, 4.69) is 10.2 Å². The van der Waals surface area contributed by atoms with Crippen molar-refractivity contribution in [2.75, 3.05) is 37.8 Å². The average Bonchev–Trinajstić information content (AvgIpc) is 3.12. The van der Waals surface area contributed by atoms with Gasteiger partial charge in [0.05, 0.1) is 5.75 Å². The molecule has 0 fully saturated rings. The topological polar surface area (TPSA) is 97.4 Å². The van der Waals surface area contributed by atoms with Crippen LogP contribution in [0, 0.1) is 0 Å². The van der Waals surface area contributed by atoms with Crippen molar-refractivity contribution >= 4 is 35.3 Å². The van der Waals surface area contributed by atoms with E-state index in [0.717, 1.165) is 5.56 Å². The van der Waals surface area contributed by atoms with Crippen LogP contribution in [0.1, 0.15) is 38.5 Å². The van der Waals surface area contributed by atoms with Crippen LogP contribution in [0.5, 0.6) is 0 Å². The second kappa shape index (κ2) is 11.8. The number of carbonyl (C=O) groups is 2. The third-order valence-corrected chi connectivity index (χ3v) is 6.83. The Morgan fingerprint density at radius 3 is 2.10 bits per heavy atom. The summed E-state index contributed by atoms with van der Waals surface area (Å²) in [4.78, 5) is 28.9. The van der Waals surface area contributed by atoms with E-state index in [1.807, 2.05) is 58.0 Å². The third kappa shape index (κ3) is 5.91. The molecule has 0 aliphatic heterocycles. The van der Waals surface area contributed by atoms with Crippen LogP contribution in [0.3, 0.4) is 0 Å². The molecule has 2 amide bonds. The number of benzene rings is 1. The van der Waals surface area contributed by atoms with Crippen LogP contribution in [0.4, 0.5) is 0 Å². The van der Waals surface area contributed by atoms with Gasteiger partial charge in [-0.25, -0.2) is 4.68 Å². The molecule has 0 saturated heterocycles. The molecule has 1 unspecified atom stereocenters. The van der Waals surface area contributed by atoms with Crippen LogP contribution < -0.4 is 5.84 Å². The fraction of sp³-hybridized carbons (Fsp3) is 0.500. The molecular formula is C20H30N6O2S2. The molecule has 0 radical (unpaired) electrons. The molecule has 2 rings (SSSR count). The number of amides is 2. The lowest BCUT2D eigenvalue weighted by Crippen LogP contribution is -2.34. The van der Waals surface area contributed by atoms with E-state index in [4.69, 9.17) is 5.84 Å². The lowest BCUT2D eigenvalue weighted by atomic mass is 10.1. The summed E-state index contributed by atoms with van der Waals surface area (Å²) in [6.45, 7) is 10.4. The first-order valence-corrected chi connectivity index (χ1v) is 11.9. The average molecular weight is 451 g/mol. The standard InChI is InChI=1S/C20H30N6O2S2/c1-5-24(6-2)16(27)14-29-19-22-23-20(26(19)21)30-17(15-12-10-9-11-13-15)18(28)25(7-3)8-4/h9-13,17H,5-8,14,21H2,1-4H3. The van der Waals surface area contributed by atoms with Crippen molar-refractivity contribution < 1.29 is 9.59 Å². The van der Waals surface area contributed by atoms with Crippen LogP contribution in [0.2, 0.25) is 0 Å². The zero-order valence-electron chi connectivity index (χ0n) is 17.9. The Hall–Kier alpha value is -2.20. The molecule has 1 aromatic heterocycles. The van der Waals surface area contributed by atoms with Crippen molar-refractivity contribution in [3.05, 3.63) is 35.9 Å². The van der Waals surface area contributed by atoms with E-state index in [1.54, 1.807) is 9.80 Å². The maximum absolute atomic E-state index is 13.1. The Labute approximate surface area is 186 Å². The molecule has 30 heavy (non-hydrogen) atoms. The van der Waals surface area contributed by atoms with Crippen molar-refractivity contribution in [1.82, 2.24) is 24.7 Å². The van der Waals surface area contributed by atoms with Gasteiger partial charge in [0.25, 0.3) is 0 Å². The number of hydrogen-bond donors (Lipinski definition) is 1. The molecule has 0 aliphatic carbocycles. The van der Waals surface area contributed by atoms with Gasteiger partial charge in [-0.3, -0.25) is 9.59 Å². The highest BCUT2D eigenvalue weighted by atomic mass is 32.2. The Morgan fingerprint density at radius 2 is 1.53 bits per heavy atom. The maximum atomic E-state index is 13.1. The van der Waals surface area contributed by atoms with Gasteiger partial charge in [0.2, 0.25) is 22.1 Å². The van der Waals surface area contributed by atoms with E-state index in [-0.39, 0.29) is 17.6 Å². The molecule has 8 nitrogen and oxygen atoms in total. The molecule has 2 aromatic rings. The van der Waals surface area contributed by atoms with Gasteiger partial charge < -0.3 is 15.6 Å². The maximum Gasteiger partial charge on any atom is 0.240 e. The van der Waals surface area contributed by atoms with Crippen molar-refractivity contribution in [1.29, 1.82) is 0 Å². The minimum absolute atomic E-state index is 0.00474. The van der Waals surface area contributed by atoms with Gasteiger partial charge in [-0.2, -0.15) is 0 Å². The predicted octanol–water partition coefficient (Wildman–Crippen LogP) is 2.65. The molecule has 0 saturated carbocycles. The summed E-state index contributed by atoms with van der Waals surface area (Å²) in [5.41, 5.74) is 0.883.